The molecule has 1 aromatic rings. The van der Waals surface area contributed by atoms with E-state index in [4.69, 9.17) is 0 Å². The Morgan fingerprint density at radius 1 is 1.62 bits per heavy atom. The topological polar surface area (TPSA) is 63.9 Å². The quantitative estimate of drug-likeness (QED) is 0.616. The molecule has 0 aliphatic rings. The fourth-order valence-corrected chi connectivity index (χ4v) is 1.14. The number of likely N-dealkylation sites (N-methyl/N-ethyl adjacent to an activating group) is 1. The van der Waals surface area contributed by atoms with Gasteiger partial charge in [0, 0.05) is 14.1 Å². The molecule has 0 unspecified atom stereocenters. The van der Waals surface area contributed by atoms with Crippen molar-refractivity contribution in [1.82, 2.24) is 25.1 Å². The van der Waals surface area contributed by atoms with Gasteiger partial charge in [0.25, 0.3) is 0 Å². The van der Waals surface area contributed by atoms with Gasteiger partial charge in [-0.1, -0.05) is 11.8 Å². The van der Waals surface area contributed by atoms with Gasteiger partial charge >= 0.3 is 0 Å². The molecule has 1 heterocycles. The van der Waals surface area contributed by atoms with E-state index in [2.05, 4.69) is 15.5 Å². The Kier molecular flexibility index (Phi) is 3.24. The molecule has 0 radical (unpaired) electrons. The van der Waals surface area contributed by atoms with Gasteiger partial charge in [-0.15, -0.1) is 5.10 Å². The normalized spacial score (nSPS) is 10.1. The molecular weight excluding hydrogens is 190 g/mol. The number of hydrogen-bond acceptors (Lipinski definition) is 5. The lowest BCUT2D eigenvalue weighted by atomic mass is 10.5. The predicted molar refractivity (Wildman–Crippen MR) is 48.3 cm³/mol. The zero-order chi connectivity index (χ0) is 9.84. The molecule has 0 aromatic carbocycles. The van der Waals surface area contributed by atoms with Crippen molar-refractivity contribution in [1.29, 1.82) is 0 Å². The van der Waals surface area contributed by atoms with Crippen LogP contribution in [0.25, 0.3) is 0 Å². The van der Waals surface area contributed by atoms with Crippen LogP contribution in [0.15, 0.2) is 5.16 Å². The molecule has 1 rings (SSSR count). The summed E-state index contributed by atoms with van der Waals surface area (Å²) in [6.45, 7) is 0.191. The van der Waals surface area contributed by atoms with Crippen LogP contribution < -0.4 is 0 Å². The minimum atomic E-state index is -0.0254. The highest BCUT2D eigenvalue weighted by molar-refractivity contribution is 7.98. The summed E-state index contributed by atoms with van der Waals surface area (Å²) in [5.41, 5.74) is 0. The summed E-state index contributed by atoms with van der Waals surface area (Å²) < 4.78 is 1.48. The zero-order valence-corrected chi connectivity index (χ0v) is 8.58. The average Bonchev–Trinajstić information content (AvgIpc) is 2.51. The minimum absolute atomic E-state index is 0.0254. The summed E-state index contributed by atoms with van der Waals surface area (Å²) in [5, 5.41) is 11.6. The molecule has 1 aromatic heterocycles. The molecule has 13 heavy (non-hydrogen) atoms. The van der Waals surface area contributed by atoms with Crippen molar-refractivity contribution in [2.75, 3.05) is 20.4 Å². The van der Waals surface area contributed by atoms with Gasteiger partial charge in [-0.05, 0) is 16.7 Å². The molecule has 0 bridgehead atoms. The molecule has 0 atom stereocenters. The lowest BCUT2D eigenvalue weighted by Crippen LogP contribution is -2.27. The molecule has 0 fully saturated rings. The maximum absolute atomic E-state index is 11.3. The predicted octanol–water partition coefficient (Wildman–Crippen LogP) is -0.517. The molecular formula is C6H11N5OS. The van der Waals surface area contributed by atoms with Gasteiger partial charge in [0.15, 0.2) is 0 Å². The standard InChI is InChI=1S/C6H11N5OS/c1-10(2)5(12)4-11-6(13-3)7-8-9-11/h4H2,1-3H3. The number of nitrogens with zero attached hydrogens (tertiary/aromatic N) is 5. The highest BCUT2D eigenvalue weighted by Gasteiger charge is 2.10. The molecule has 0 aliphatic heterocycles. The van der Waals surface area contributed by atoms with E-state index in [1.807, 2.05) is 6.26 Å². The van der Waals surface area contributed by atoms with Crippen LogP contribution in [0.4, 0.5) is 0 Å². The Bertz CT molecular complexity index is 297. The van der Waals surface area contributed by atoms with Crippen LogP contribution in [0, 0.1) is 0 Å². The Labute approximate surface area is 80.3 Å². The summed E-state index contributed by atoms with van der Waals surface area (Å²) in [4.78, 5) is 12.8. The largest absolute Gasteiger partial charge is 0.347 e. The highest BCUT2D eigenvalue weighted by Crippen LogP contribution is 2.07. The van der Waals surface area contributed by atoms with E-state index in [0.717, 1.165) is 0 Å². The number of carbonyl (C=O) groups excluding carboxylic acids is 1. The van der Waals surface area contributed by atoms with Gasteiger partial charge in [-0.25, -0.2) is 4.68 Å². The molecule has 0 spiro atoms. The van der Waals surface area contributed by atoms with Crippen LogP contribution in [0.1, 0.15) is 0 Å². The van der Waals surface area contributed by atoms with E-state index in [9.17, 15) is 4.79 Å². The van der Waals surface area contributed by atoms with E-state index in [-0.39, 0.29) is 12.5 Å². The van der Waals surface area contributed by atoms with E-state index in [1.165, 1.54) is 21.3 Å². The van der Waals surface area contributed by atoms with Crippen molar-refractivity contribution in [2.24, 2.45) is 0 Å². The van der Waals surface area contributed by atoms with Crippen molar-refractivity contribution < 1.29 is 4.79 Å². The fraction of sp³-hybridized carbons (Fsp3) is 0.667. The molecule has 0 saturated heterocycles. The number of thioether (sulfide) groups is 1. The first-order chi connectivity index (χ1) is 6.15. The summed E-state index contributed by atoms with van der Waals surface area (Å²) in [7, 11) is 3.40. The van der Waals surface area contributed by atoms with Crippen molar-refractivity contribution in [2.45, 2.75) is 11.7 Å². The molecule has 1 amide bonds. The number of amides is 1. The zero-order valence-electron chi connectivity index (χ0n) is 7.76. The third kappa shape index (κ3) is 2.41. The van der Waals surface area contributed by atoms with Gasteiger partial charge in [-0.2, -0.15) is 0 Å². The number of carbonyl (C=O) groups is 1. The summed E-state index contributed by atoms with van der Waals surface area (Å²) in [5.74, 6) is -0.0254. The SMILES string of the molecule is CSc1nnnn1CC(=O)N(C)C. The van der Waals surface area contributed by atoms with Crippen molar-refractivity contribution in [3.8, 4) is 0 Å². The van der Waals surface area contributed by atoms with Crippen LogP contribution in [0.3, 0.4) is 0 Å². The summed E-state index contributed by atoms with van der Waals surface area (Å²) in [6.07, 6.45) is 1.86. The van der Waals surface area contributed by atoms with E-state index in [0.29, 0.717) is 5.16 Å². The minimum Gasteiger partial charge on any atom is -0.347 e. The van der Waals surface area contributed by atoms with Crippen LogP contribution in [0.5, 0.6) is 0 Å². The first kappa shape index (κ1) is 9.97. The molecule has 72 valence electrons. The maximum atomic E-state index is 11.3. The number of aromatic nitrogens is 4. The lowest BCUT2D eigenvalue weighted by molar-refractivity contribution is -0.129. The third-order valence-electron chi connectivity index (χ3n) is 1.47. The fourth-order valence-electron chi connectivity index (χ4n) is 0.711. The van der Waals surface area contributed by atoms with E-state index in [1.54, 1.807) is 14.1 Å². The van der Waals surface area contributed by atoms with Crippen molar-refractivity contribution in [3.63, 3.8) is 0 Å². The van der Waals surface area contributed by atoms with Gasteiger partial charge < -0.3 is 4.90 Å². The van der Waals surface area contributed by atoms with Gasteiger partial charge in [0.05, 0.1) is 0 Å². The first-order valence-electron chi connectivity index (χ1n) is 3.65. The molecule has 0 saturated carbocycles. The summed E-state index contributed by atoms with van der Waals surface area (Å²) in [6, 6.07) is 0. The van der Waals surface area contributed by atoms with Gasteiger partial charge in [0.2, 0.25) is 11.1 Å². The van der Waals surface area contributed by atoms with E-state index < -0.39 is 0 Å². The van der Waals surface area contributed by atoms with Crippen LogP contribution in [0.2, 0.25) is 0 Å². The molecule has 0 N–H and O–H groups in total. The second-order valence-corrected chi connectivity index (χ2v) is 3.38. The number of hydrogen-bond donors (Lipinski definition) is 0. The third-order valence-corrected chi connectivity index (χ3v) is 2.12. The Hall–Kier alpha value is -1.11. The first-order valence-corrected chi connectivity index (χ1v) is 4.88. The average molecular weight is 201 g/mol. The van der Waals surface area contributed by atoms with Crippen molar-refractivity contribution >= 4 is 17.7 Å². The smallest absolute Gasteiger partial charge is 0.243 e. The number of tetrazole rings is 1. The van der Waals surface area contributed by atoms with Crippen LogP contribution in [-0.2, 0) is 11.3 Å². The Morgan fingerprint density at radius 3 is 2.85 bits per heavy atom. The van der Waals surface area contributed by atoms with Crippen molar-refractivity contribution in [3.05, 3.63) is 0 Å². The van der Waals surface area contributed by atoms with E-state index >= 15 is 0 Å². The second kappa shape index (κ2) is 4.22. The second-order valence-electron chi connectivity index (χ2n) is 2.61. The highest BCUT2D eigenvalue weighted by atomic mass is 32.2. The van der Waals surface area contributed by atoms with Gasteiger partial charge in [-0.3, -0.25) is 4.79 Å². The van der Waals surface area contributed by atoms with Gasteiger partial charge in [0.1, 0.15) is 6.54 Å². The molecule has 6 nitrogen and oxygen atoms in total. The Balaban J connectivity index is 2.68. The summed E-state index contributed by atoms with van der Waals surface area (Å²) >= 11 is 1.41. The van der Waals surface area contributed by atoms with Crippen LogP contribution in [-0.4, -0.2) is 51.4 Å². The molecule has 0 aliphatic carbocycles. The number of rotatable bonds is 3. The van der Waals surface area contributed by atoms with Crippen LogP contribution >= 0.6 is 11.8 Å². The molecule has 7 heteroatoms. The maximum Gasteiger partial charge on any atom is 0.243 e. The Morgan fingerprint density at radius 2 is 2.31 bits per heavy atom. The monoisotopic (exact) mass is 201 g/mol. The lowest BCUT2D eigenvalue weighted by Gasteiger charge is -2.09.